The van der Waals surface area contributed by atoms with Crippen LogP contribution in [0.5, 0.6) is 0 Å². The van der Waals surface area contributed by atoms with Crippen molar-refractivity contribution in [2.45, 2.75) is 38.0 Å². The molecule has 1 saturated heterocycles. The Morgan fingerprint density at radius 3 is 2.43 bits per heavy atom. The second-order valence-corrected chi connectivity index (χ2v) is 7.79. The van der Waals surface area contributed by atoms with Crippen LogP contribution in [0.3, 0.4) is 0 Å². The lowest BCUT2D eigenvalue weighted by Gasteiger charge is -2.15. The quantitative estimate of drug-likeness (QED) is 0.704. The molecule has 0 bridgehead atoms. The molecule has 7 nitrogen and oxygen atoms in total. The van der Waals surface area contributed by atoms with Gasteiger partial charge >= 0.3 is 6.01 Å². The Labute approximate surface area is 164 Å². The van der Waals surface area contributed by atoms with E-state index in [1.807, 2.05) is 0 Å². The number of hydrogen-bond acceptors (Lipinski definition) is 7. The minimum absolute atomic E-state index is 0.294. The first kappa shape index (κ1) is 17.2. The Balaban J connectivity index is 1.33. The van der Waals surface area contributed by atoms with Gasteiger partial charge in [0.2, 0.25) is 5.95 Å². The number of rotatable bonds is 6. The van der Waals surface area contributed by atoms with Crippen LogP contribution in [0, 0.1) is 5.92 Å². The second kappa shape index (κ2) is 7.22. The summed E-state index contributed by atoms with van der Waals surface area (Å²) in [4.78, 5) is 15.0. The number of nitrogen functional groups attached to an aromatic ring is 1. The first-order valence-electron chi connectivity index (χ1n) is 10.0. The normalized spacial score (nSPS) is 17.8. The predicted molar refractivity (Wildman–Crippen MR) is 107 cm³/mol. The summed E-state index contributed by atoms with van der Waals surface area (Å²) < 4.78 is 5.51. The summed E-state index contributed by atoms with van der Waals surface area (Å²) in [5.74, 6) is 2.25. The number of hydrogen-bond donors (Lipinski definition) is 1. The maximum Gasteiger partial charge on any atom is 0.324 e. The van der Waals surface area contributed by atoms with Crippen LogP contribution in [0.2, 0.25) is 0 Å². The molecule has 2 fully saturated rings. The summed E-state index contributed by atoms with van der Waals surface area (Å²) in [6.45, 7) is 2.04. The van der Waals surface area contributed by atoms with Gasteiger partial charge in [-0.3, -0.25) is 0 Å². The second-order valence-electron chi connectivity index (χ2n) is 7.79. The largest absolute Gasteiger partial charge is 0.368 e. The molecule has 0 spiro atoms. The van der Waals surface area contributed by atoms with Crippen LogP contribution in [-0.4, -0.2) is 33.2 Å². The Hall–Kier alpha value is -2.96. The van der Waals surface area contributed by atoms with Gasteiger partial charge in [0.15, 0.2) is 5.82 Å². The molecular weight excluding hydrogens is 352 g/mol. The molecule has 0 amide bonds. The van der Waals surface area contributed by atoms with E-state index in [9.17, 15) is 0 Å². The van der Waals surface area contributed by atoms with Crippen molar-refractivity contribution in [3.8, 4) is 11.1 Å². The van der Waals surface area contributed by atoms with Gasteiger partial charge < -0.3 is 15.2 Å². The Bertz CT molecular complexity index is 926. The van der Waals surface area contributed by atoms with Gasteiger partial charge in [-0.05, 0) is 48.6 Å². The van der Waals surface area contributed by atoms with Gasteiger partial charge in [0.05, 0.1) is 0 Å². The van der Waals surface area contributed by atoms with Crippen molar-refractivity contribution in [1.29, 1.82) is 0 Å². The number of nitrogens with two attached hydrogens (primary N) is 1. The molecule has 1 aliphatic heterocycles. The van der Waals surface area contributed by atoms with E-state index >= 15 is 0 Å². The fraction of sp³-hybridized carbons (Fsp3) is 0.429. The van der Waals surface area contributed by atoms with E-state index < -0.39 is 0 Å². The molecule has 3 aromatic rings. The van der Waals surface area contributed by atoms with Crippen molar-refractivity contribution >= 4 is 12.0 Å². The first-order chi connectivity index (χ1) is 13.8. The number of nitrogens with zero attached hydrogens (tertiary/aromatic N) is 5. The lowest BCUT2D eigenvalue weighted by molar-refractivity contribution is 0.407. The van der Waals surface area contributed by atoms with Crippen LogP contribution in [0.4, 0.5) is 12.0 Å². The Morgan fingerprint density at radius 1 is 1.04 bits per heavy atom. The molecule has 144 valence electrons. The van der Waals surface area contributed by atoms with E-state index in [0.717, 1.165) is 36.5 Å². The third-order valence-corrected chi connectivity index (χ3v) is 5.77. The molecular formula is C21H24N6O. The van der Waals surface area contributed by atoms with Crippen molar-refractivity contribution in [2.24, 2.45) is 5.92 Å². The number of anilines is 2. The van der Waals surface area contributed by atoms with Crippen molar-refractivity contribution in [3.05, 3.63) is 48.0 Å². The lowest BCUT2D eigenvalue weighted by Crippen LogP contribution is -2.18. The van der Waals surface area contributed by atoms with E-state index in [0.29, 0.717) is 23.8 Å². The molecule has 3 heterocycles. The van der Waals surface area contributed by atoms with Gasteiger partial charge in [-0.25, -0.2) is 9.97 Å². The zero-order valence-corrected chi connectivity index (χ0v) is 15.8. The summed E-state index contributed by atoms with van der Waals surface area (Å²) in [7, 11) is 0. The topological polar surface area (TPSA) is 94.0 Å². The van der Waals surface area contributed by atoms with E-state index in [1.165, 1.54) is 31.2 Å². The Kier molecular flexibility index (Phi) is 4.43. The molecule has 1 aliphatic carbocycles. The SMILES string of the molecule is Nc1ncc(-c2ccc(C(Cc3noc(N4CCCC4)n3)C3CC3)cc2)cn1. The van der Waals surface area contributed by atoms with E-state index in [-0.39, 0.29) is 0 Å². The molecule has 1 aromatic carbocycles. The summed E-state index contributed by atoms with van der Waals surface area (Å²) in [5.41, 5.74) is 8.97. The molecule has 1 saturated carbocycles. The van der Waals surface area contributed by atoms with Crippen LogP contribution in [-0.2, 0) is 6.42 Å². The highest BCUT2D eigenvalue weighted by atomic mass is 16.5. The summed E-state index contributed by atoms with van der Waals surface area (Å²) in [6, 6.07) is 9.35. The highest BCUT2D eigenvalue weighted by Gasteiger charge is 2.33. The molecule has 2 N–H and O–H groups in total. The minimum atomic E-state index is 0.294. The van der Waals surface area contributed by atoms with E-state index in [4.69, 9.17) is 10.3 Å². The average Bonchev–Trinajstić information content (AvgIpc) is 3.22. The summed E-state index contributed by atoms with van der Waals surface area (Å²) in [6.07, 6.45) is 9.29. The van der Waals surface area contributed by atoms with Crippen LogP contribution >= 0.6 is 0 Å². The average molecular weight is 376 g/mol. The molecule has 1 unspecified atom stereocenters. The van der Waals surface area contributed by atoms with Crippen molar-refractivity contribution in [3.63, 3.8) is 0 Å². The minimum Gasteiger partial charge on any atom is -0.368 e. The molecule has 5 rings (SSSR count). The molecule has 28 heavy (non-hydrogen) atoms. The van der Waals surface area contributed by atoms with Crippen LogP contribution in [0.25, 0.3) is 11.1 Å². The van der Waals surface area contributed by atoms with E-state index in [2.05, 4.69) is 49.3 Å². The highest BCUT2D eigenvalue weighted by Crippen LogP contribution is 2.44. The predicted octanol–water partition coefficient (Wildman–Crippen LogP) is 3.45. The van der Waals surface area contributed by atoms with Gasteiger partial charge in [-0.15, -0.1) is 0 Å². The lowest BCUT2D eigenvalue weighted by atomic mass is 9.90. The van der Waals surface area contributed by atoms with Crippen LogP contribution in [0.15, 0.2) is 41.2 Å². The zero-order chi connectivity index (χ0) is 18.9. The molecule has 7 heteroatoms. The van der Waals surface area contributed by atoms with Crippen LogP contribution < -0.4 is 10.6 Å². The van der Waals surface area contributed by atoms with E-state index in [1.54, 1.807) is 12.4 Å². The van der Waals surface area contributed by atoms with Gasteiger partial charge in [0, 0.05) is 37.5 Å². The third kappa shape index (κ3) is 3.56. The van der Waals surface area contributed by atoms with Gasteiger partial charge in [0.25, 0.3) is 0 Å². The monoisotopic (exact) mass is 376 g/mol. The Morgan fingerprint density at radius 2 is 1.75 bits per heavy atom. The molecule has 2 aromatic heterocycles. The molecule has 1 atom stereocenters. The van der Waals surface area contributed by atoms with Crippen molar-refractivity contribution in [2.75, 3.05) is 23.7 Å². The summed E-state index contributed by atoms with van der Waals surface area (Å²) in [5, 5.41) is 4.25. The van der Waals surface area contributed by atoms with Crippen LogP contribution in [0.1, 0.15) is 43.0 Å². The molecule has 0 radical (unpaired) electrons. The fourth-order valence-electron chi connectivity index (χ4n) is 4.03. The maximum absolute atomic E-state index is 5.58. The van der Waals surface area contributed by atoms with Gasteiger partial charge in [-0.2, -0.15) is 4.98 Å². The van der Waals surface area contributed by atoms with Gasteiger partial charge in [-0.1, -0.05) is 29.4 Å². The number of benzene rings is 1. The maximum atomic E-state index is 5.58. The zero-order valence-electron chi connectivity index (χ0n) is 15.8. The highest BCUT2D eigenvalue weighted by molar-refractivity contribution is 5.62. The fourth-order valence-corrected chi connectivity index (χ4v) is 4.03. The standard InChI is InChI=1S/C21H24N6O/c22-20-23-12-17(13-24-20)14-3-5-15(6-4-14)18(16-7-8-16)11-19-25-21(28-26-19)27-9-1-2-10-27/h3-6,12-13,16,18H,1-2,7-11H2,(H2,22,23,24). The first-order valence-corrected chi connectivity index (χ1v) is 10.0. The van der Waals surface area contributed by atoms with Gasteiger partial charge in [0.1, 0.15) is 0 Å². The molecule has 2 aliphatic rings. The number of aromatic nitrogens is 4. The third-order valence-electron chi connectivity index (χ3n) is 5.77. The summed E-state index contributed by atoms with van der Waals surface area (Å²) >= 11 is 0. The van der Waals surface area contributed by atoms with Crippen molar-refractivity contribution < 1.29 is 4.52 Å². The smallest absolute Gasteiger partial charge is 0.324 e. The van der Waals surface area contributed by atoms with Crippen molar-refractivity contribution in [1.82, 2.24) is 20.1 Å².